The molecule has 7 heteroatoms. The molecule has 0 aliphatic heterocycles. The van der Waals surface area contributed by atoms with Crippen LogP contribution >= 0.6 is 11.6 Å². The van der Waals surface area contributed by atoms with Gasteiger partial charge in [0.15, 0.2) is 6.39 Å². The van der Waals surface area contributed by atoms with Crippen molar-refractivity contribution in [3.8, 4) is 5.69 Å². The van der Waals surface area contributed by atoms with Gasteiger partial charge in [-0.15, -0.1) is 0 Å². The van der Waals surface area contributed by atoms with Gasteiger partial charge in [-0.05, 0) is 12.1 Å². The van der Waals surface area contributed by atoms with Crippen LogP contribution in [0.3, 0.4) is 0 Å². The summed E-state index contributed by atoms with van der Waals surface area (Å²) in [6.45, 7) is 0.516. The Morgan fingerprint density at radius 3 is 3.00 bits per heavy atom. The van der Waals surface area contributed by atoms with E-state index in [0.29, 0.717) is 11.6 Å². The monoisotopic (exact) mass is 275 g/mol. The number of nitrogens with one attached hydrogen (secondary N) is 1. The molecule has 0 saturated heterocycles. The second-order valence-corrected chi connectivity index (χ2v) is 4.20. The number of hydrogen-bond donors (Lipinski definition) is 1. The van der Waals surface area contributed by atoms with E-state index in [2.05, 4.69) is 20.4 Å². The van der Waals surface area contributed by atoms with Crippen LogP contribution in [0.2, 0.25) is 5.02 Å². The molecule has 3 aromatic rings. The highest BCUT2D eigenvalue weighted by Crippen LogP contribution is 2.28. The highest BCUT2D eigenvalue weighted by molar-refractivity contribution is 6.33. The van der Waals surface area contributed by atoms with Crippen LogP contribution in [0.4, 0.5) is 5.69 Å². The molecule has 96 valence electrons. The quantitative estimate of drug-likeness (QED) is 0.792. The van der Waals surface area contributed by atoms with Gasteiger partial charge in [0.2, 0.25) is 0 Å². The fourth-order valence-electron chi connectivity index (χ4n) is 1.73. The minimum absolute atomic E-state index is 0.516. The Morgan fingerprint density at radius 1 is 1.32 bits per heavy atom. The van der Waals surface area contributed by atoms with Gasteiger partial charge in [0.05, 0.1) is 23.5 Å². The maximum atomic E-state index is 6.22. The van der Waals surface area contributed by atoms with Crippen molar-refractivity contribution >= 4 is 17.3 Å². The summed E-state index contributed by atoms with van der Waals surface area (Å²) in [7, 11) is 0. The van der Waals surface area contributed by atoms with E-state index in [1.807, 2.05) is 12.1 Å². The summed E-state index contributed by atoms with van der Waals surface area (Å²) < 4.78 is 6.79. The first-order valence-electron chi connectivity index (χ1n) is 5.59. The van der Waals surface area contributed by atoms with Crippen molar-refractivity contribution in [1.29, 1.82) is 0 Å². The molecule has 0 bridgehead atoms. The predicted octanol–water partition coefficient (Wildman–Crippen LogP) is 2.52. The minimum atomic E-state index is 0.516. The topological polar surface area (TPSA) is 68.8 Å². The van der Waals surface area contributed by atoms with Crippen molar-refractivity contribution < 1.29 is 4.42 Å². The van der Waals surface area contributed by atoms with Crippen LogP contribution in [0, 0.1) is 0 Å². The van der Waals surface area contributed by atoms with Crippen LogP contribution in [0.15, 0.2) is 47.9 Å². The summed E-state index contributed by atoms with van der Waals surface area (Å²) in [5.41, 5.74) is 1.59. The normalized spacial score (nSPS) is 10.6. The number of para-hydroxylation sites is 1. The Labute approximate surface area is 114 Å². The summed E-state index contributed by atoms with van der Waals surface area (Å²) in [6, 6.07) is 5.59. The third-order valence-corrected chi connectivity index (χ3v) is 2.88. The van der Waals surface area contributed by atoms with E-state index in [9.17, 15) is 0 Å². The molecule has 1 N–H and O–H groups in total. The summed E-state index contributed by atoms with van der Waals surface area (Å²) in [5.74, 6) is 0.740. The van der Waals surface area contributed by atoms with Crippen molar-refractivity contribution in [2.24, 2.45) is 0 Å². The van der Waals surface area contributed by atoms with Crippen molar-refractivity contribution in [2.75, 3.05) is 5.32 Å². The molecule has 2 aromatic heterocycles. The van der Waals surface area contributed by atoms with E-state index < -0.39 is 0 Å². The molecule has 0 spiro atoms. The Hall–Kier alpha value is -2.34. The third kappa shape index (κ3) is 2.43. The Morgan fingerprint density at radius 2 is 2.26 bits per heavy atom. The van der Waals surface area contributed by atoms with E-state index in [0.717, 1.165) is 17.1 Å². The largest absolute Gasteiger partial charge is 0.447 e. The van der Waals surface area contributed by atoms with Gasteiger partial charge in [0.25, 0.3) is 0 Å². The SMILES string of the molecule is Clc1cccc(NCc2cnco2)c1-n1cncn1. The molecule has 0 aliphatic carbocycles. The molecule has 6 nitrogen and oxygen atoms in total. The van der Waals surface area contributed by atoms with E-state index >= 15 is 0 Å². The lowest BCUT2D eigenvalue weighted by atomic mass is 10.2. The summed E-state index contributed by atoms with van der Waals surface area (Å²) in [4.78, 5) is 7.79. The number of aromatic nitrogens is 4. The van der Waals surface area contributed by atoms with E-state index in [1.165, 1.54) is 12.7 Å². The molecule has 0 aliphatic rings. The van der Waals surface area contributed by atoms with Crippen LogP contribution in [0.1, 0.15) is 5.76 Å². The van der Waals surface area contributed by atoms with Gasteiger partial charge in [-0.3, -0.25) is 0 Å². The van der Waals surface area contributed by atoms with Crippen LogP contribution in [-0.4, -0.2) is 19.7 Å². The van der Waals surface area contributed by atoms with E-state index in [-0.39, 0.29) is 0 Å². The Kier molecular flexibility index (Phi) is 3.16. The molecule has 0 atom stereocenters. The zero-order valence-corrected chi connectivity index (χ0v) is 10.6. The number of anilines is 1. The number of rotatable bonds is 4. The van der Waals surface area contributed by atoms with Gasteiger partial charge < -0.3 is 9.73 Å². The molecule has 0 amide bonds. The molecular formula is C12H10ClN5O. The number of hydrogen-bond acceptors (Lipinski definition) is 5. The first-order chi connectivity index (χ1) is 9.34. The van der Waals surface area contributed by atoms with Crippen molar-refractivity contribution in [3.63, 3.8) is 0 Å². The maximum Gasteiger partial charge on any atom is 0.180 e. The Balaban J connectivity index is 1.91. The smallest absolute Gasteiger partial charge is 0.180 e. The maximum absolute atomic E-state index is 6.22. The lowest BCUT2D eigenvalue weighted by molar-refractivity contribution is 0.511. The van der Waals surface area contributed by atoms with Gasteiger partial charge in [0.1, 0.15) is 24.1 Å². The second-order valence-electron chi connectivity index (χ2n) is 3.80. The number of oxazole rings is 1. The van der Waals surface area contributed by atoms with Crippen LogP contribution in [0.5, 0.6) is 0 Å². The highest BCUT2D eigenvalue weighted by Gasteiger charge is 2.10. The van der Waals surface area contributed by atoms with Crippen LogP contribution < -0.4 is 5.32 Å². The second kappa shape index (κ2) is 5.11. The molecule has 0 saturated carbocycles. The first-order valence-corrected chi connectivity index (χ1v) is 5.97. The number of nitrogens with zero attached hydrogens (tertiary/aromatic N) is 4. The summed E-state index contributed by atoms with van der Waals surface area (Å²) in [6.07, 6.45) is 6.12. The fourth-order valence-corrected chi connectivity index (χ4v) is 1.99. The molecular weight excluding hydrogens is 266 g/mol. The van der Waals surface area contributed by atoms with Gasteiger partial charge >= 0.3 is 0 Å². The number of benzene rings is 1. The molecule has 1 aromatic carbocycles. The molecule has 2 heterocycles. The molecule has 3 rings (SSSR count). The summed E-state index contributed by atoms with van der Waals surface area (Å²) >= 11 is 6.22. The van der Waals surface area contributed by atoms with Gasteiger partial charge in [-0.25, -0.2) is 14.6 Å². The van der Waals surface area contributed by atoms with E-state index in [4.69, 9.17) is 16.0 Å². The van der Waals surface area contributed by atoms with Gasteiger partial charge in [0, 0.05) is 0 Å². The predicted molar refractivity (Wildman–Crippen MR) is 70.2 cm³/mol. The average molecular weight is 276 g/mol. The summed E-state index contributed by atoms with van der Waals surface area (Å²) in [5, 5.41) is 7.93. The standard InChI is InChI=1S/C12H10ClN5O/c13-10-2-1-3-11(12(10)18-7-15-6-17-18)16-5-9-4-14-8-19-9/h1-4,6-8,16H,5H2. The first kappa shape index (κ1) is 11.7. The fraction of sp³-hybridized carbons (Fsp3) is 0.0833. The molecule has 0 unspecified atom stereocenters. The van der Waals surface area contributed by atoms with Gasteiger partial charge in [-0.1, -0.05) is 17.7 Å². The zero-order valence-electron chi connectivity index (χ0n) is 9.82. The Bertz CT molecular complexity index is 651. The van der Waals surface area contributed by atoms with E-state index in [1.54, 1.807) is 23.3 Å². The van der Waals surface area contributed by atoms with Crippen LogP contribution in [0.25, 0.3) is 5.69 Å². The van der Waals surface area contributed by atoms with Crippen molar-refractivity contribution in [3.05, 3.63) is 54.2 Å². The lowest BCUT2D eigenvalue weighted by Crippen LogP contribution is -2.05. The molecule has 19 heavy (non-hydrogen) atoms. The van der Waals surface area contributed by atoms with Gasteiger partial charge in [-0.2, -0.15) is 5.10 Å². The third-order valence-electron chi connectivity index (χ3n) is 2.57. The number of halogens is 1. The minimum Gasteiger partial charge on any atom is -0.447 e. The lowest BCUT2D eigenvalue weighted by Gasteiger charge is -2.12. The average Bonchev–Trinajstić information content (AvgIpc) is 3.09. The van der Waals surface area contributed by atoms with Crippen molar-refractivity contribution in [1.82, 2.24) is 19.7 Å². The highest BCUT2D eigenvalue weighted by atomic mass is 35.5. The van der Waals surface area contributed by atoms with Crippen molar-refractivity contribution in [2.45, 2.75) is 6.54 Å². The molecule has 0 radical (unpaired) electrons. The molecule has 0 fully saturated rings. The van der Waals surface area contributed by atoms with Crippen LogP contribution in [-0.2, 0) is 6.54 Å². The zero-order chi connectivity index (χ0) is 13.1.